The largest absolute Gasteiger partial charge is 0.508 e. The highest BCUT2D eigenvalue weighted by Crippen LogP contribution is 2.36. The fraction of sp³-hybridized carbons (Fsp3) is 0.0417. The summed E-state index contributed by atoms with van der Waals surface area (Å²) in [5.41, 5.74) is 1.22. The summed E-state index contributed by atoms with van der Waals surface area (Å²) in [7, 11) is 0. The van der Waals surface area contributed by atoms with Gasteiger partial charge in [-0.1, -0.05) is 72.3 Å². The lowest BCUT2D eigenvalue weighted by atomic mass is 9.92. The summed E-state index contributed by atoms with van der Waals surface area (Å²) in [5, 5.41) is 26.3. The maximum Gasteiger partial charge on any atom is 0.270 e. The van der Waals surface area contributed by atoms with Crippen molar-refractivity contribution in [2.24, 2.45) is 0 Å². The van der Waals surface area contributed by atoms with Crippen LogP contribution in [0.2, 0.25) is 5.02 Å². The molecule has 0 saturated carbocycles. The zero-order valence-electron chi connectivity index (χ0n) is 16.2. The van der Waals surface area contributed by atoms with Crippen LogP contribution in [0.15, 0.2) is 84.9 Å². The Hall–Kier alpha value is -3.90. The van der Waals surface area contributed by atoms with E-state index in [0.717, 1.165) is 22.4 Å². The summed E-state index contributed by atoms with van der Waals surface area (Å²) in [6, 6.07) is 23.2. The van der Waals surface area contributed by atoms with Crippen molar-refractivity contribution in [3.05, 3.63) is 117 Å². The van der Waals surface area contributed by atoms with E-state index in [0.29, 0.717) is 5.56 Å². The molecule has 0 aliphatic carbocycles. The molecule has 0 radical (unpaired) electrons. The minimum Gasteiger partial charge on any atom is -0.508 e. The quantitative estimate of drug-likeness (QED) is 0.316. The van der Waals surface area contributed by atoms with Crippen LogP contribution in [0.5, 0.6) is 5.75 Å². The normalized spacial score (nSPS) is 11.8. The number of carbonyl (C=O) groups is 1. The predicted octanol–water partition coefficient (Wildman–Crippen LogP) is 5.63. The number of hydrogen-bond donors (Lipinski definition) is 2. The van der Waals surface area contributed by atoms with Gasteiger partial charge in [0.2, 0.25) is 0 Å². The van der Waals surface area contributed by atoms with Gasteiger partial charge in [-0.25, -0.2) is 0 Å². The Labute approximate surface area is 182 Å². The van der Waals surface area contributed by atoms with Crippen molar-refractivity contribution >= 4 is 34.0 Å². The van der Waals surface area contributed by atoms with E-state index in [2.05, 4.69) is 5.32 Å². The molecule has 4 aromatic carbocycles. The highest BCUT2D eigenvalue weighted by atomic mass is 35.5. The molecular formula is C24H17ClN2O4. The molecule has 0 spiro atoms. The summed E-state index contributed by atoms with van der Waals surface area (Å²) < 4.78 is 0. The van der Waals surface area contributed by atoms with E-state index in [4.69, 9.17) is 11.6 Å². The number of halogens is 1. The van der Waals surface area contributed by atoms with Gasteiger partial charge in [-0.3, -0.25) is 14.9 Å². The zero-order valence-corrected chi connectivity index (χ0v) is 16.9. The molecule has 4 aromatic rings. The number of rotatable bonds is 5. The van der Waals surface area contributed by atoms with Crippen LogP contribution >= 0.6 is 11.6 Å². The zero-order chi connectivity index (χ0) is 22.0. The van der Waals surface area contributed by atoms with E-state index in [1.165, 1.54) is 12.1 Å². The number of nitro groups is 1. The second-order valence-electron chi connectivity index (χ2n) is 6.96. The average Bonchev–Trinajstić information content (AvgIpc) is 2.78. The number of aromatic hydroxyl groups is 1. The lowest BCUT2D eigenvalue weighted by molar-refractivity contribution is -0.384. The maximum absolute atomic E-state index is 13.1. The van der Waals surface area contributed by atoms with Gasteiger partial charge in [0.05, 0.1) is 21.6 Å². The number of hydrogen-bond acceptors (Lipinski definition) is 4. The third-order valence-corrected chi connectivity index (χ3v) is 5.37. The number of fused-ring (bicyclic) bond motifs is 1. The van der Waals surface area contributed by atoms with Gasteiger partial charge in [0.15, 0.2) is 0 Å². The van der Waals surface area contributed by atoms with Crippen molar-refractivity contribution in [1.29, 1.82) is 0 Å². The lowest BCUT2D eigenvalue weighted by Crippen LogP contribution is -2.29. The SMILES string of the molecule is O=C(NC(c1ccccc1)c1c(O)ccc2ccccc12)c1ccc([N+](=O)[O-])cc1Cl. The first-order chi connectivity index (χ1) is 15.0. The highest BCUT2D eigenvalue weighted by molar-refractivity contribution is 6.34. The van der Waals surface area contributed by atoms with Crippen LogP contribution in [-0.4, -0.2) is 15.9 Å². The van der Waals surface area contributed by atoms with Crippen LogP contribution in [0.25, 0.3) is 10.8 Å². The molecule has 0 aliphatic heterocycles. The molecule has 7 heteroatoms. The Morgan fingerprint density at radius 1 is 0.968 bits per heavy atom. The Balaban J connectivity index is 1.81. The fourth-order valence-electron chi connectivity index (χ4n) is 3.57. The first-order valence-electron chi connectivity index (χ1n) is 9.46. The van der Waals surface area contributed by atoms with Crippen LogP contribution in [0, 0.1) is 10.1 Å². The van der Waals surface area contributed by atoms with Crippen molar-refractivity contribution in [1.82, 2.24) is 5.32 Å². The van der Waals surface area contributed by atoms with Gasteiger partial charge in [0, 0.05) is 17.7 Å². The Morgan fingerprint density at radius 3 is 2.39 bits per heavy atom. The number of nitrogens with one attached hydrogen (secondary N) is 1. The summed E-state index contributed by atoms with van der Waals surface area (Å²) in [4.78, 5) is 23.5. The van der Waals surface area contributed by atoms with E-state index in [9.17, 15) is 20.0 Å². The number of nitrogens with zero attached hydrogens (tertiary/aromatic N) is 1. The number of non-ortho nitro benzene ring substituents is 1. The van der Waals surface area contributed by atoms with Crippen molar-refractivity contribution in [2.45, 2.75) is 6.04 Å². The van der Waals surface area contributed by atoms with Crippen molar-refractivity contribution in [3.63, 3.8) is 0 Å². The highest BCUT2D eigenvalue weighted by Gasteiger charge is 2.24. The number of benzene rings is 4. The fourth-order valence-corrected chi connectivity index (χ4v) is 3.83. The number of phenolic OH excluding ortho intramolecular Hbond substituents is 1. The third kappa shape index (κ3) is 4.06. The molecule has 154 valence electrons. The van der Waals surface area contributed by atoms with Crippen LogP contribution in [0.3, 0.4) is 0 Å². The standard InChI is InChI=1S/C24H17ClN2O4/c25-20-14-17(27(30)31)11-12-19(20)24(29)26-23(16-7-2-1-3-8-16)22-18-9-5-4-6-15(18)10-13-21(22)28/h1-14,23,28H,(H,26,29). The van der Waals surface area contributed by atoms with Crippen molar-refractivity contribution in [3.8, 4) is 5.75 Å². The van der Waals surface area contributed by atoms with E-state index >= 15 is 0 Å². The number of phenols is 1. The molecule has 31 heavy (non-hydrogen) atoms. The van der Waals surface area contributed by atoms with Gasteiger partial charge >= 0.3 is 0 Å². The van der Waals surface area contributed by atoms with Gasteiger partial charge < -0.3 is 10.4 Å². The molecule has 2 N–H and O–H groups in total. The third-order valence-electron chi connectivity index (χ3n) is 5.05. The number of nitro benzene ring substituents is 1. The summed E-state index contributed by atoms with van der Waals surface area (Å²) in [6.07, 6.45) is 0. The van der Waals surface area contributed by atoms with Crippen LogP contribution in [0.1, 0.15) is 27.5 Å². The molecule has 1 atom stereocenters. The molecular weight excluding hydrogens is 416 g/mol. The van der Waals surface area contributed by atoms with E-state index < -0.39 is 16.9 Å². The second-order valence-corrected chi connectivity index (χ2v) is 7.37. The summed E-state index contributed by atoms with van der Waals surface area (Å²) >= 11 is 6.16. The first kappa shape index (κ1) is 20.4. The van der Waals surface area contributed by atoms with Gasteiger partial charge in [-0.15, -0.1) is 0 Å². The van der Waals surface area contributed by atoms with Crippen LogP contribution in [0.4, 0.5) is 5.69 Å². The Morgan fingerprint density at radius 2 is 1.68 bits per heavy atom. The van der Waals surface area contributed by atoms with E-state index in [1.54, 1.807) is 6.07 Å². The summed E-state index contributed by atoms with van der Waals surface area (Å²) in [5.74, 6) is -0.469. The molecule has 1 amide bonds. The molecule has 1 unspecified atom stereocenters. The molecule has 0 heterocycles. The minimum absolute atomic E-state index is 0.0272. The molecule has 4 rings (SSSR count). The summed E-state index contributed by atoms with van der Waals surface area (Å²) in [6.45, 7) is 0. The first-order valence-corrected chi connectivity index (χ1v) is 9.84. The van der Waals surface area contributed by atoms with Crippen molar-refractivity contribution < 1.29 is 14.8 Å². The van der Waals surface area contributed by atoms with E-state index in [1.807, 2.05) is 60.7 Å². The van der Waals surface area contributed by atoms with E-state index in [-0.39, 0.29) is 22.0 Å². The topological polar surface area (TPSA) is 92.5 Å². The van der Waals surface area contributed by atoms with Gasteiger partial charge in [-0.05, 0) is 28.5 Å². The predicted molar refractivity (Wildman–Crippen MR) is 119 cm³/mol. The smallest absolute Gasteiger partial charge is 0.270 e. The molecule has 0 bridgehead atoms. The number of carbonyl (C=O) groups excluding carboxylic acids is 1. The second kappa shape index (κ2) is 8.45. The van der Waals surface area contributed by atoms with Crippen molar-refractivity contribution in [2.75, 3.05) is 0 Å². The average molecular weight is 433 g/mol. The molecule has 6 nitrogen and oxygen atoms in total. The minimum atomic E-state index is -0.675. The Bertz CT molecular complexity index is 1290. The number of amides is 1. The molecule has 0 fully saturated rings. The Kier molecular flexibility index (Phi) is 5.56. The lowest BCUT2D eigenvalue weighted by Gasteiger charge is -2.23. The maximum atomic E-state index is 13.1. The van der Waals surface area contributed by atoms with Crippen LogP contribution in [-0.2, 0) is 0 Å². The molecule has 0 aliphatic rings. The van der Waals surface area contributed by atoms with Gasteiger partial charge in [-0.2, -0.15) is 0 Å². The molecule has 0 aromatic heterocycles. The molecule has 0 saturated heterocycles. The monoisotopic (exact) mass is 432 g/mol. The van der Waals surface area contributed by atoms with Gasteiger partial charge in [0.25, 0.3) is 11.6 Å². The van der Waals surface area contributed by atoms with Crippen LogP contribution < -0.4 is 5.32 Å². The van der Waals surface area contributed by atoms with Gasteiger partial charge in [0.1, 0.15) is 5.75 Å².